The second-order valence-electron chi connectivity index (χ2n) is 5.33. The number of ether oxygens (including phenoxy) is 2. The average molecular weight is 357 g/mol. The molecule has 0 saturated carbocycles. The number of methoxy groups -OCH3 is 1. The van der Waals surface area contributed by atoms with Crippen molar-refractivity contribution in [3.63, 3.8) is 0 Å². The van der Waals surface area contributed by atoms with Crippen LogP contribution in [0.4, 0.5) is 0 Å². The van der Waals surface area contributed by atoms with Gasteiger partial charge in [-0.05, 0) is 43.7 Å². The summed E-state index contributed by atoms with van der Waals surface area (Å²) < 4.78 is 11.9. The van der Waals surface area contributed by atoms with Gasteiger partial charge in [-0.25, -0.2) is 0 Å². The van der Waals surface area contributed by atoms with Crippen molar-refractivity contribution in [2.24, 2.45) is 0 Å². The summed E-state index contributed by atoms with van der Waals surface area (Å²) in [5.41, 5.74) is 0. The number of likely N-dealkylation sites (tertiary alicyclic amines) is 1. The van der Waals surface area contributed by atoms with Gasteiger partial charge in [0.25, 0.3) is 0 Å². The third-order valence-corrected chi connectivity index (χ3v) is 4.35. The van der Waals surface area contributed by atoms with Gasteiger partial charge < -0.3 is 14.8 Å². The summed E-state index contributed by atoms with van der Waals surface area (Å²) in [6.45, 7) is 5.67. The first-order valence-corrected chi connectivity index (χ1v) is 8.41. The SMILES string of the molecule is COCCNCC1CCCN1CCOc1ccc(Br)cc1. The van der Waals surface area contributed by atoms with Crippen LogP contribution in [-0.2, 0) is 4.74 Å². The van der Waals surface area contributed by atoms with Gasteiger partial charge in [-0.15, -0.1) is 0 Å². The molecule has 0 aromatic heterocycles. The maximum Gasteiger partial charge on any atom is 0.119 e. The lowest BCUT2D eigenvalue weighted by molar-refractivity contribution is 0.180. The lowest BCUT2D eigenvalue weighted by atomic mass is 10.2. The van der Waals surface area contributed by atoms with Crippen LogP contribution in [0.1, 0.15) is 12.8 Å². The van der Waals surface area contributed by atoms with Gasteiger partial charge in [0.1, 0.15) is 12.4 Å². The van der Waals surface area contributed by atoms with E-state index in [9.17, 15) is 0 Å². The molecule has 1 saturated heterocycles. The summed E-state index contributed by atoms with van der Waals surface area (Å²) >= 11 is 3.43. The van der Waals surface area contributed by atoms with Crippen molar-refractivity contribution in [2.45, 2.75) is 18.9 Å². The maximum absolute atomic E-state index is 5.81. The van der Waals surface area contributed by atoms with Crippen molar-refractivity contribution in [1.82, 2.24) is 10.2 Å². The van der Waals surface area contributed by atoms with Gasteiger partial charge >= 0.3 is 0 Å². The molecule has 2 rings (SSSR count). The van der Waals surface area contributed by atoms with Crippen molar-refractivity contribution >= 4 is 15.9 Å². The molecule has 1 atom stereocenters. The Labute approximate surface area is 135 Å². The fourth-order valence-corrected chi connectivity index (χ4v) is 2.94. The summed E-state index contributed by atoms with van der Waals surface area (Å²) in [6, 6.07) is 8.65. The van der Waals surface area contributed by atoms with Crippen molar-refractivity contribution in [3.05, 3.63) is 28.7 Å². The first kappa shape index (κ1) is 16.7. The molecule has 0 aliphatic carbocycles. The maximum atomic E-state index is 5.81. The molecule has 1 aliphatic heterocycles. The van der Waals surface area contributed by atoms with Crippen LogP contribution in [0.2, 0.25) is 0 Å². The molecule has 1 aliphatic rings. The number of nitrogens with zero attached hydrogens (tertiary/aromatic N) is 1. The van der Waals surface area contributed by atoms with Gasteiger partial charge in [0, 0.05) is 37.3 Å². The number of hydrogen-bond donors (Lipinski definition) is 1. The smallest absolute Gasteiger partial charge is 0.119 e. The minimum Gasteiger partial charge on any atom is -0.492 e. The summed E-state index contributed by atoms with van der Waals surface area (Å²) in [7, 11) is 1.74. The van der Waals surface area contributed by atoms with Crippen molar-refractivity contribution in [3.8, 4) is 5.75 Å². The van der Waals surface area contributed by atoms with Crippen molar-refractivity contribution in [2.75, 3.05) is 46.5 Å². The summed E-state index contributed by atoms with van der Waals surface area (Å²) in [5.74, 6) is 0.937. The van der Waals surface area contributed by atoms with Crippen molar-refractivity contribution in [1.29, 1.82) is 0 Å². The number of halogens is 1. The highest BCUT2D eigenvalue weighted by atomic mass is 79.9. The molecule has 1 heterocycles. The molecule has 0 bridgehead atoms. The third kappa shape index (κ3) is 5.94. The molecular weight excluding hydrogens is 332 g/mol. The van der Waals surface area contributed by atoms with Crippen LogP contribution in [0.5, 0.6) is 5.75 Å². The molecule has 4 nitrogen and oxygen atoms in total. The highest BCUT2D eigenvalue weighted by molar-refractivity contribution is 9.10. The monoisotopic (exact) mass is 356 g/mol. The molecule has 118 valence electrons. The van der Waals surface area contributed by atoms with Crippen LogP contribution < -0.4 is 10.1 Å². The molecule has 0 radical (unpaired) electrons. The van der Waals surface area contributed by atoms with Crippen LogP contribution in [0.3, 0.4) is 0 Å². The highest BCUT2D eigenvalue weighted by Crippen LogP contribution is 2.18. The van der Waals surface area contributed by atoms with Gasteiger partial charge in [0.15, 0.2) is 0 Å². The van der Waals surface area contributed by atoms with Gasteiger partial charge in [0.2, 0.25) is 0 Å². The molecular formula is C16H25BrN2O2. The fourth-order valence-electron chi connectivity index (χ4n) is 2.68. The Morgan fingerprint density at radius 2 is 2.10 bits per heavy atom. The fraction of sp³-hybridized carbons (Fsp3) is 0.625. The average Bonchev–Trinajstić information content (AvgIpc) is 2.93. The third-order valence-electron chi connectivity index (χ3n) is 3.82. The molecule has 1 aromatic carbocycles. The second kappa shape index (κ2) is 9.41. The van der Waals surface area contributed by atoms with Gasteiger partial charge in [0.05, 0.1) is 6.61 Å². The summed E-state index contributed by atoms with van der Waals surface area (Å²) in [4.78, 5) is 2.53. The molecule has 0 spiro atoms. The Kier molecular flexibility index (Phi) is 7.50. The zero-order valence-corrected chi connectivity index (χ0v) is 14.3. The van der Waals surface area contributed by atoms with E-state index in [2.05, 4.69) is 26.1 Å². The van der Waals surface area contributed by atoms with Gasteiger partial charge in [-0.2, -0.15) is 0 Å². The number of nitrogens with one attached hydrogen (secondary N) is 1. The van der Waals surface area contributed by atoms with Crippen molar-refractivity contribution < 1.29 is 9.47 Å². The van der Waals surface area contributed by atoms with Crippen LogP contribution in [-0.4, -0.2) is 57.4 Å². The summed E-state index contributed by atoms with van der Waals surface area (Å²) in [5, 5.41) is 3.46. The first-order valence-electron chi connectivity index (χ1n) is 7.61. The van der Waals surface area contributed by atoms with Crippen LogP contribution in [0.25, 0.3) is 0 Å². The summed E-state index contributed by atoms with van der Waals surface area (Å²) in [6.07, 6.45) is 2.56. The van der Waals surface area contributed by atoms with E-state index >= 15 is 0 Å². The quantitative estimate of drug-likeness (QED) is 0.689. The van der Waals surface area contributed by atoms with E-state index in [4.69, 9.17) is 9.47 Å². The lowest BCUT2D eigenvalue weighted by Gasteiger charge is -2.24. The molecule has 0 amide bonds. The lowest BCUT2D eigenvalue weighted by Crippen LogP contribution is -2.40. The highest BCUT2D eigenvalue weighted by Gasteiger charge is 2.23. The Hall–Kier alpha value is -0.620. The minimum atomic E-state index is 0.635. The first-order chi connectivity index (χ1) is 10.3. The second-order valence-corrected chi connectivity index (χ2v) is 6.25. The Bertz CT molecular complexity index is 400. The minimum absolute atomic E-state index is 0.635. The Balaban J connectivity index is 1.65. The van der Waals surface area contributed by atoms with Gasteiger partial charge in [-0.3, -0.25) is 4.90 Å². The number of hydrogen-bond acceptors (Lipinski definition) is 4. The van der Waals surface area contributed by atoms with E-state index in [1.807, 2.05) is 24.3 Å². The molecule has 1 fully saturated rings. The largest absolute Gasteiger partial charge is 0.492 e. The molecule has 1 aromatic rings. The predicted octanol–water partition coefficient (Wildman–Crippen LogP) is 2.53. The van der Waals surface area contributed by atoms with E-state index < -0.39 is 0 Å². The molecule has 5 heteroatoms. The Morgan fingerprint density at radius 1 is 1.29 bits per heavy atom. The van der Waals surface area contributed by atoms with E-state index in [-0.39, 0.29) is 0 Å². The number of rotatable bonds is 9. The topological polar surface area (TPSA) is 33.7 Å². The van der Waals surface area contributed by atoms with E-state index in [1.54, 1.807) is 7.11 Å². The van der Waals surface area contributed by atoms with E-state index in [0.29, 0.717) is 6.04 Å². The molecule has 1 N–H and O–H groups in total. The number of benzene rings is 1. The van der Waals surface area contributed by atoms with Crippen LogP contribution in [0, 0.1) is 0 Å². The van der Waals surface area contributed by atoms with Gasteiger partial charge in [-0.1, -0.05) is 15.9 Å². The van der Waals surface area contributed by atoms with E-state index in [0.717, 1.165) is 43.1 Å². The van der Waals surface area contributed by atoms with Crippen LogP contribution in [0.15, 0.2) is 28.7 Å². The van der Waals surface area contributed by atoms with E-state index in [1.165, 1.54) is 19.4 Å². The molecule has 1 unspecified atom stereocenters. The zero-order chi connectivity index (χ0) is 14.9. The molecule has 21 heavy (non-hydrogen) atoms. The normalized spacial score (nSPS) is 19.0. The predicted molar refractivity (Wildman–Crippen MR) is 89.0 cm³/mol. The Morgan fingerprint density at radius 3 is 2.86 bits per heavy atom. The standard InChI is InChI=1S/C16H25BrN2O2/c1-20-11-8-18-13-15-3-2-9-19(15)10-12-21-16-6-4-14(17)5-7-16/h4-7,15,18H,2-3,8-13H2,1H3. The van der Waals surface area contributed by atoms with Crippen LogP contribution >= 0.6 is 15.9 Å². The zero-order valence-electron chi connectivity index (χ0n) is 12.7.